The lowest BCUT2D eigenvalue weighted by molar-refractivity contribution is -0.122. The van der Waals surface area contributed by atoms with Crippen LogP contribution in [-0.2, 0) is 9.53 Å². The molecule has 1 amide bonds. The normalized spacial score (nSPS) is 20.2. The molecule has 2 N–H and O–H groups in total. The van der Waals surface area contributed by atoms with Crippen LogP contribution in [-0.4, -0.2) is 50.3 Å². The first kappa shape index (κ1) is 14.8. The number of thioether (sulfide) groups is 1. The molecule has 0 aliphatic carbocycles. The van der Waals surface area contributed by atoms with Crippen LogP contribution in [0, 0.1) is 0 Å². The summed E-state index contributed by atoms with van der Waals surface area (Å²) in [6.07, 6.45) is 6.19. The Morgan fingerprint density at radius 2 is 2.35 bits per heavy atom. The van der Waals surface area contributed by atoms with E-state index in [1.807, 2.05) is 11.8 Å². The van der Waals surface area contributed by atoms with Gasteiger partial charge in [0.05, 0.1) is 13.2 Å². The third-order valence-corrected chi connectivity index (χ3v) is 3.47. The van der Waals surface area contributed by atoms with Crippen LogP contribution >= 0.6 is 11.8 Å². The van der Waals surface area contributed by atoms with Crippen molar-refractivity contribution in [2.75, 3.05) is 38.3 Å². The second kappa shape index (κ2) is 9.74. The van der Waals surface area contributed by atoms with Gasteiger partial charge in [0.2, 0.25) is 5.91 Å². The van der Waals surface area contributed by atoms with Crippen molar-refractivity contribution in [1.29, 1.82) is 0 Å². The Hall–Kier alpha value is -0.260. The van der Waals surface area contributed by atoms with Crippen molar-refractivity contribution >= 4 is 17.7 Å². The third-order valence-electron chi connectivity index (χ3n) is 2.78. The second-order valence-electron chi connectivity index (χ2n) is 4.33. The molecule has 1 unspecified atom stereocenters. The molecule has 4 nitrogen and oxygen atoms in total. The molecule has 1 heterocycles. The van der Waals surface area contributed by atoms with Crippen molar-refractivity contribution in [3.05, 3.63) is 0 Å². The van der Waals surface area contributed by atoms with E-state index in [1.54, 1.807) is 0 Å². The van der Waals surface area contributed by atoms with E-state index >= 15 is 0 Å². The van der Waals surface area contributed by atoms with Crippen LogP contribution in [0.15, 0.2) is 0 Å². The van der Waals surface area contributed by atoms with Gasteiger partial charge in [0.15, 0.2) is 0 Å². The molecule has 0 bridgehead atoms. The molecular weight excluding hydrogens is 236 g/mol. The monoisotopic (exact) mass is 260 g/mol. The highest BCUT2D eigenvalue weighted by molar-refractivity contribution is 7.98. The number of unbranched alkanes of at least 4 members (excludes halogenated alkanes) is 2. The number of hydrogen-bond acceptors (Lipinski definition) is 4. The summed E-state index contributed by atoms with van der Waals surface area (Å²) in [5.74, 6) is 1.36. The number of morpholine rings is 1. The van der Waals surface area contributed by atoms with Crippen LogP contribution in [0.25, 0.3) is 0 Å². The van der Waals surface area contributed by atoms with Crippen molar-refractivity contribution in [2.45, 2.75) is 31.7 Å². The average Bonchev–Trinajstić information content (AvgIpc) is 2.35. The highest BCUT2D eigenvalue weighted by Gasteiger charge is 2.16. The zero-order chi connectivity index (χ0) is 12.3. The molecule has 0 aromatic heterocycles. The lowest BCUT2D eigenvalue weighted by Crippen LogP contribution is -2.44. The zero-order valence-electron chi connectivity index (χ0n) is 10.7. The van der Waals surface area contributed by atoms with Crippen LogP contribution < -0.4 is 10.6 Å². The van der Waals surface area contributed by atoms with Gasteiger partial charge in [-0.2, -0.15) is 11.8 Å². The van der Waals surface area contributed by atoms with E-state index < -0.39 is 0 Å². The fraction of sp³-hybridized carbons (Fsp3) is 0.917. The molecule has 100 valence electrons. The van der Waals surface area contributed by atoms with E-state index in [9.17, 15) is 4.79 Å². The van der Waals surface area contributed by atoms with E-state index in [2.05, 4.69) is 16.9 Å². The number of carbonyl (C=O) groups is 1. The number of carbonyl (C=O) groups excluding carboxylic acids is 1. The fourth-order valence-corrected chi connectivity index (χ4v) is 2.32. The molecule has 0 radical (unpaired) electrons. The first-order valence-corrected chi connectivity index (χ1v) is 7.79. The van der Waals surface area contributed by atoms with Crippen molar-refractivity contribution < 1.29 is 9.53 Å². The first-order chi connectivity index (χ1) is 8.33. The Morgan fingerprint density at radius 1 is 1.47 bits per heavy atom. The minimum Gasteiger partial charge on any atom is -0.378 e. The van der Waals surface area contributed by atoms with Crippen molar-refractivity contribution in [1.82, 2.24) is 10.6 Å². The summed E-state index contributed by atoms with van der Waals surface area (Å²) < 4.78 is 5.31. The molecule has 5 heteroatoms. The minimum absolute atomic E-state index is 0.137. The maximum Gasteiger partial charge on any atom is 0.221 e. The molecule has 0 aromatic carbocycles. The van der Waals surface area contributed by atoms with Gasteiger partial charge in [-0.1, -0.05) is 6.42 Å². The maximum absolute atomic E-state index is 11.6. The number of rotatable bonds is 8. The number of nitrogens with one attached hydrogen (secondary N) is 2. The molecule has 1 atom stereocenters. The Kier molecular flexibility index (Phi) is 8.48. The predicted molar refractivity (Wildman–Crippen MR) is 72.5 cm³/mol. The molecule has 1 rings (SSSR count). The Balaban J connectivity index is 1.93. The van der Waals surface area contributed by atoms with Crippen molar-refractivity contribution in [3.63, 3.8) is 0 Å². The van der Waals surface area contributed by atoms with Crippen LogP contribution in [0.1, 0.15) is 25.7 Å². The van der Waals surface area contributed by atoms with E-state index in [0.717, 1.165) is 26.1 Å². The molecule has 1 fully saturated rings. The molecule has 17 heavy (non-hydrogen) atoms. The summed E-state index contributed by atoms with van der Waals surface area (Å²) in [7, 11) is 0. The van der Waals surface area contributed by atoms with E-state index in [4.69, 9.17) is 4.74 Å². The molecule has 0 saturated carbocycles. The number of ether oxygens (including phenoxy) is 1. The van der Waals surface area contributed by atoms with Crippen LogP contribution in [0.3, 0.4) is 0 Å². The van der Waals surface area contributed by atoms with Gasteiger partial charge in [-0.15, -0.1) is 0 Å². The third kappa shape index (κ3) is 7.63. The Labute approximate surface area is 108 Å². The van der Waals surface area contributed by atoms with Crippen LogP contribution in [0.2, 0.25) is 0 Å². The molecule has 0 spiro atoms. The van der Waals surface area contributed by atoms with Gasteiger partial charge in [0, 0.05) is 25.6 Å². The predicted octanol–water partition coefficient (Wildman–Crippen LogP) is 1.01. The SMILES string of the molecule is CSCCCCCNC(=O)CC1COCCN1. The number of hydrogen-bond donors (Lipinski definition) is 2. The Bertz CT molecular complexity index is 209. The molecule has 1 aliphatic rings. The molecule has 0 aromatic rings. The van der Waals surface area contributed by atoms with Crippen molar-refractivity contribution in [2.24, 2.45) is 0 Å². The van der Waals surface area contributed by atoms with E-state index in [-0.39, 0.29) is 11.9 Å². The van der Waals surface area contributed by atoms with Gasteiger partial charge in [-0.3, -0.25) is 4.79 Å². The summed E-state index contributed by atoms with van der Waals surface area (Å²) in [6, 6.07) is 0.195. The molecule has 1 aliphatic heterocycles. The lowest BCUT2D eigenvalue weighted by Gasteiger charge is -2.23. The largest absolute Gasteiger partial charge is 0.378 e. The number of amides is 1. The zero-order valence-corrected chi connectivity index (χ0v) is 11.5. The lowest BCUT2D eigenvalue weighted by atomic mass is 10.2. The van der Waals surface area contributed by atoms with Gasteiger partial charge in [0.25, 0.3) is 0 Å². The molecular formula is C12H24N2O2S. The van der Waals surface area contributed by atoms with Gasteiger partial charge in [-0.25, -0.2) is 0 Å². The highest BCUT2D eigenvalue weighted by Crippen LogP contribution is 2.02. The van der Waals surface area contributed by atoms with E-state index in [0.29, 0.717) is 13.0 Å². The quantitative estimate of drug-likeness (QED) is 0.640. The van der Waals surface area contributed by atoms with Crippen LogP contribution in [0.5, 0.6) is 0 Å². The standard InChI is InChI=1S/C12H24N2O2S/c1-17-8-4-2-3-5-14-12(15)9-11-10-16-7-6-13-11/h11,13H,2-10H2,1H3,(H,14,15). The highest BCUT2D eigenvalue weighted by atomic mass is 32.2. The first-order valence-electron chi connectivity index (χ1n) is 6.39. The van der Waals surface area contributed by atoms with Gasteiger partial charge in [0.1, 0.15) is 0 Å². The van der Waals surface area contributed by atoms with Crippen molar-refractivity contribution in [3.8, 4) is 0 Å². The average molecular weight is 260 g/mol. The Morgan fingerprint density at radius 3 is 3.06 bits per heavy atom. The maximum atomic E-state index is 11.6. The summed E-state index contributed by atoms with van der Waals surface area (Å²) in [6.45, 7) is 3.07. The smallest absolute Gasteiger partial charge is 0.221 e. The molecule has 1 saturated heterocycles. The topological polar surface area (TPSA) is 50.4 Å². The summed E-state index contributed by atoms with van der Waals surface area (Å²) in [5.41, 5.74) is 0. The van der Waals surface area contributed by atoms with Gasteiger partial charge >= 0.3 is 0 Å². The fourth-order valence-electron chi connectivity index (χ4n) is 1.82. The summed E-state index contributed by atoms with van der Waals surface area (Å²) in [5, 5.41) is 6.25. The second-order valence-corrected chi connectivity index (χ2v) is 5.32. The summed E-state index contributed by atoms with van der Waals surface area (Å²) >= 11 is 1.88. The van der Waals surface area contributed by atoms with E-state index in [1.165, 1.54) is 18.6 Å². The van der Waals surface area contributed by atoms with Crippen LogP contribution in [0.4, 0.5) is 0 Å². The summed E-state index contributed by atoms with van der Waals surface area (Å²) in [4.78, 5) is 11.6. The van der Waals surface area contributed by atoms with Gasteiger partial charge < -0.3 is 15.4 Å². The van der Waals surface area contributed by atoms with Gasteiger partial charge in [-0.05, 0) is 24.9 Å². The minimum atomic E-state index is 0.137.